The number of para-hydroxylation sites is 1. The largest absolute Gasteiger partial charge is 0.478 e. The van der Waals surface area contributed by atoms with Crippen molar-refractivity contribution < 1.29 is 9.90 Å². The number of rotatable bonds is 6. The SMILES string of the molecule is CCCCC(C)Sc1nc2ccccc2c(C)c1C(=O)O. The standard InChI is InChI=1S/C17H21NO2S/c1-4-5-8-11(2)21-16-15(17(19)20)12(3)13-9-6-7-10-14(13)18-16/h6-7,9-11H,4-5,8H2,1-3H3,(H,19,20). The number of fused-ring (bicyclic) bond motifs is 1. The van der Waals surface area contributed by atoms with Crippen molar-refractivity contribution in [3.05, 3.63) is 35.4 Å². The van der Waals surface area contributed by atoms with Crippen LogP contribution in [0.25, 0.3) is 10.9 Å². The van der Waals surface area contributed by atoms with Crippen LogP contribution in [-0.4, -0.2) is 21.3 Å². The number of hydrogen-bond acceptors (Lipinski definition) is 3. The van der Waals surface area contributed by atoms with Crippen LogP contribution in [0.5, 0.6) is 0 Å². The molecule has 21 heavy (non-hydrogen) atoms. The summed E-state index contributed by atoms with van der Waals surface area (Å²) in [5.41, 5.74) is 2.02. The van der Waals surface area contributed by atoms with E-state index in [1.54, 1.807) is 11.8 Å². The van der Waals surface area contributed by atoms with E-state index in [0.29, 0.717) is 15.8 Å². The lowest BCUT2D eigenvalue weighted by atomic mass is 10.1. The fourth-order valence-corrected chi connectivity index (χ4v) is 3.60. The first-order valence-electron chi connectivity index (χ1n) is 7.33. The molecule has 0 radical (unpaired) electrons. The van der Waals surface area contributed by atoms with Crippen molar-refractivity contribution in [2.75, 3.05) is 0 Å². The quantitative estimate of drug-likeness (QED) is 0.770. The summed E-state index contributed by atoms with van der Waals surface area (Å²) in [5, 5.41) is 11.5. The number of nitrogens with zero attached hydrogens (tertiary/aromatic N) is 1. The summed E-state index contributed by atoms with van der Waals surface area (Å²) in [4.78, 5) is 16.2. The number of aryl methyl sites for hydroxylation is 1. The first-order valence-corrected chi connectivity index (χ1v) is 8.21. The number of carboxylic acids is 1. The summed E-state index contributed by atoms with van der Waals surface area (Å²) in [6, 6.07) is 7.72. The maximum Gasteiger partial charge on any atom is 0.338 e. The third-order valence-electron chi connectivity index (χ3n) is 3.61. The summed E-state index contributed by atoms with van der Waals surface area (Å²) in [6.07, 6.45) is 3.39. The van der Waals surface area contributed by atoms with Gasteiger partial charge in [-0.2, -0.15) is 0 Å². The lowest BCUT2D eigenvalue weighted by Gasteiger charge is -2.15. The zero-order valence-corrected chi connectivity index (χ0v) is 13.5. The zero-order valence-electron chi connectivity index (χ0n) is 12.7. The zero-order chi connectivity index (χ0) is 15.4. The third-order valence-corrected chi connectivity index (χ3v) is 4.77. The fraction of sp³-hybridized carbons (Fsp3) is 0.412. The minimum absolute atomic E-state index is 0.349. The van der Waals surface area contributed by atoms with E-state index in [0.717, 1.165) is 35.7 Å². The van der Waals surface area contributed by atoms with E-state index in [4.69, 9.17) is 0 Å². The lowest BCUT2D eigenvalue weighted by Crippen LogP contribution is -2.07. The van der Waals surface area contributed by atoms with Crippen LogP contribution in [0.2, 0.25) is 0 Å². The number of carbonyl (C=O) groups is 1. The number of carboxylic acid groups (broad SMARTS) is 1. The van der Waals surface area contributed by atoms with Gasteiger partial charge in [0.15, 0.2) is 0 Å². The molecule has 0 saturated heterocycles. The Morgan fingerprint density at radius 1 is 1.38 bits per heavy atom. The minimum Gasteiger partial charge on any atom is -0.478 e. The molecule has 2 aromatic rings. The molecule has 3 nitrogen and oxygen atoms in total. The van der Waals surface area contributed by atoms with E-state index in [2.05, 4.69) is 18.8 Å². The molecule has 2 rings (SSSR count). The molecule has 4 heteroatoms. The molecule has 1 atom stereocenters. The van der Waals surface area contributed by atoms with E-state index in [-0.39, 0.29) is 0 Å². The molecule has 1 aromatic carbocycles. The highest BCUT2D eigenvalue weighted by molar-refractivity contribution is 7.99. The molecule has 0 aliphatic carbocycles. The highest BCUT2D eigenvalue weighted by atomic mass is 32.2. The van der Waals surface area contributed by atoms with Gasteiger partial charge in [-0.15, -0.1) is 11.8 Å². The van der Waals surface area contributed by atoms with Crippen molar-refractivity contribution in [1.82, 2.24) is 4.98 Å². The van der Waals surface area contributed by atoms with E-state index in [1.165, 1.54) is 0 Å². The highest BCUT2D eigenvalue weighted by Gasteiger charge is 2.20. The van der Waals surface area contributed by atoms with Crippen molar-refractivity contribution in [3.63, 3.8) is 0 Å². The van der Waals surface area contributed by atoms with Crippen LogP contribution < -0.4 is 0 Å². The molecular weight excluding hydrogens is 282 g/mol. The Bertz CT molecular complexity index is 655. The molecule has 1 N–H and O–H groups in total. The monoisotopic (exact) mass is 303 g/mol. The number of benzene rings is 1. The van der Waals surface area contributed by atoms with E-state index < -0.39 is 5.97 Å². The number of pyridine rings is 1. The molecular formula is C17H21NO2S. The predicted octanol–water partition coefficient (Wildman–Crippen LogP) is 4.91. The molecule has 0 saturated carbocycles. The van der Waals surface area contributed by atoms with Crippen LogP contribution in [0, 0.1) is 6.92 Å². The van der Waals surface area contributed by atoms with Crippen molar-refractivity contribution in [2.24, 2.45) is 0 Å². The van der Waals surface area contributed by atoms with Gasteiger partial charge in [-0.3, -0.25) is 0 Å². The second-order valence-electron chi connectivity index (χ2n) is 5.31. The van der Waals surface area contributed by atoms with E-state index in [9.17, 15) is 9.90 Å². The van der Waals surface area contributed by atoms with E-state index in [1.807, 2.05) is 31.2 Å². The van der Waals surface area contributed by atoms with Gasteiger partial charge in [0.05, 0.1) is 11.1 Å². The van der Waals surface area contributed by atoms with Gasteiger partial charge in [0.2, 0.25) is 0 Å². The number of unbranched alkanes of at least 4 members (excludes halogenated alkanes) is 1. The highest BCUT2D eigenvalue weighted by Crippen LogP contribution is 2.32. The van der Waals surface area contributed by atoms with Gasteiger partial charge in [0.25, 0.3) is 0 Å². The molecule has 1 heterocycles. The number of thioether (sulfide) groups is 1. The molecule has 0 spiro atoms. The van der Waals surface area contributed by atoms with Crippen LogP contribution in [-0.2, 0) is 0 Å². The molecule has 0 bridgehead atoms. The molecule has 1 aromatic heterocycles. The van der Waals surface area contributed by atoms with Crippen LogP contribution >= 0.6 is 11.8 Å². The van der Waals surface area contributed by atoms with Gasteiger partial charge >= 0.3 is 5.97 Å². The van der Waals surface area contributed by atoms with Crippen molar-refractivity contribution in [3.8, 4) is 0 Å². The Labute approximate surface area is 129 Å². The third kappa shape index (κ3) is 3.56. The number of aromatic carboxylic acids is 1. The summed E-state index contributed by atoms with van der Waals surface area (Å²) in [5.74, 6) is -0.893. The second kappa shape index (κ2) is 6.94. The molecule has 0 fully saturated rings. The van der Waals surface area contributed by atoms with Crippen molar-refractivity contribution in [2.45, 2.75) is 50.3 Å². The average Bonchev–Trinajstić information content (AvgIpc) is 2.45. The fourth-order valence-electron chi connectivity index (χ4n) is 2.43. The first-order chi connectivity index (χ1) is 10.0. The van der Waals surface area contributed by atoms with Crippen LogP contribution in [0.15, 0.2) is 29.3 Å². The van der Waals surface area contributed by atoms with Crippen molar-refractivity contribution >= 4 is 28.6 Å². The molecule has 112 valence electrons. The van der Waals surface area contributed by atoms with E-state index >= 15 is 0 Å². The van der Waals surface area contributed by atoms with Gasteiger partial charge in [-0.25, -0.2) is 9.78 Å². The van der Waals surface area contributed by atoms with Gasteiger partial charge in [0.1, 0.15) is 5.03 Å². The summed E-state index contributed by atoms with van der Waals surface area (Å²) >= 11 is 1.58. The Kier molecular flexibility index (Phi) is 5.23. The Morgan fingerprint density at radius 2 is 2.10 bits per heavy atom. The Morgan fingerprint density at radius 3 is 2.76 bits per heavy atom. The van der Waals surface area contributed by atoms with Gasteiger partial charge in [-0.05, 0) is 25.0 Å². The van der Waals surface area contributed by atoms with Crippen LogP contribution in [0.4, 0.5) is 0 Å². The Hall–Kier alpha value is -1.55. The van der Waals surface area contributed by atoms with Crippen LogP contribution in [0.3, 0.4) is 0 Å². The normalized spacial score (nSPS) is 12.5. The number of hydrogen-bond donors (Lipinski definition) is 1. The van der Waals surface area contributed by atoms with Gasteiger partial charge in [-0.1, -0.05) is 44.9 Å². The average molecular weight is 303 g/mol. The Balaban J connectivity index is 2.46. The summed E-state index contributed by atoms with van der Waals surface area (Å²) < 4.78 is 0. The predicted molar refractivity (Wildman–Crippen MR) is 88.3 cm³/mol. The molecule has 0 amide bonds. The molecule has 0 aliphatic rings. The smallest absolute Gasteiger partial charge is 0.338 e. The summed E-state index contributed by atoms with van der Waals surface area (Å²) in [7, 11) is 0. The lowest BCUT2D eigenvalue weighted by molar-refractivity contribution is 0.0691. The molecule has 0 aliphatic heterocycles. The molecule has 1 unspecified atom stereocenters. The maximum atomic E-state index is 11.6. The maximum absolute atomic E-state index is 11.6. The van der Waals surface area contributed by atoms with Crippen molar-refractivity contribution in [1.29, 1.82) is 0 Å². The van der Waals surface area contributed by atoms with Gasteiger partial charge < -0.3 is 5.11 Å². The topological polar surface area (TPSA) is 50.2 Å². The number of aromatic nitrogens is 1. The van der Waals surface area contributed by atoms with Crippen LogP contribution in [0.1, 0.15) is 49.0 Å². The van der Waals surface area contributed by atoms with Gasteiger partial charge in [0, 0.05) is 10.6 Å². The first kappa shape index (κ1) is 15.8. The summed E-state index contributed by atoms with van der Waals surface area (Å²) in [6.45, 7) is 6.17. The second-order valence-corrected chi connectivity index (χ2v) is 6.74. The minimum atomic E-state index is -0.893.